The number of hydrogen-bond acceptors (Lipinski definition) is 2. The van der Waals surface area contributed by atoms with E-state index in [1.54, 1.807) is 0 Å². The van der Waals surface area contributed by atoms with Gasteiger partial charge in [-0.1, -0.05) is 44.2 Å². The van der Waals surface area contributed by atoms with Crippen LogP contribution in [0.2, 0.25) is 0 Å². The highest BCUT2D eigenvalue weighted by Crippen LogP contribution is 2.39. The second-order valence-corrected chi connectivity index (χ2v) is 6.80. The van der Waals surface area contributed by atoms with E-state index in [2.05, 4.69) is 49.6 Å². The molecule has 0 spiro atoms. The Labute approximate surface area is 117 Å². The average Bonchev–Trinajstić information content (AvgIpc) is 2.42. The van der Waals surface area contributed by atoms with Crippen molar-refractivity contribution in [2.75, 3.05) is 0 Å². The zero-order chi connectivity index (χ0) is 13.7. The molecule has 2 nitrogen and oxygen atoms in total. The van der Waals surface area contributed by atoms with Crippen LogP contribution in [0.3, 0.4) is 0 Å². The number of benzene rings is 1. The highest BCUT2D eigenvalue weighted by molar-refractivity contribution is 5.14. The maximum atomic E-state index is 5.79. The summed E-state index contributed by atoms with van der Waals surface area (Å²) < 4.78 is 0. The highest BCUT2D eigenvalue weighted by Gasteiger charge is 2.30. The lowest BCUT2D eigenvalue weighted by molar-refractivity contribution is 0.157. The van der Waals surface area contributed by atoms with Crippen molar-refractivity contribution in [2.24, 2.45) is 17.2 Å². The van der Waals surface area contributed by atoms with E-state index in [0.29, 0.717) is 11.5 Å². The molecule has 1 aliphatic rings. The van der Waals surface area contributed by atoms with Gasteiger partial charge in [0.15, 0.2) is 0 Å². The lowest BCUT2D eigenvalue weighted by atomic mass is 9.70. The first-order valence-electron chi connectivity index (χ1n) is 7.61. The first kappa shape index (κ1) is 14.5. The Morgan fingerprint density at radius 2 is 1.84 bits per heavy atom. The van der Waals surface area contributed by atoms with E-state index in [1.165, 1.54) is 31.2 Å². The molecule has 1 unspecified atom stereocenters. The van der Waals surface area contributed by atoms with Crippen LogP contribution < -0.4 is 11.3 Å². The zero-order valence-corrected chi connectivity index (χ0v) is 12.4. The van der Waals surface area contributed by atoms with Crippen molar-refractivity contribution < 1.29 is 0 Å². The average molecular weight is 260 g/mol. The Morgan fingerprint density at radius 3 is 2.42 bits per heavy atom. The Morgan fingerprint density at radius 1 is 1.21 bits per heavy atom. The Balaban J connectivity index is 1.84. The maximum absolute atomic E-state index is 5.79. The van der Waals surface area contributed by atoms with Crippen LogP contribution in [0, 0.1) is 11.3 Å². The van der Waals surface area contributed by atoms with Crippen LogP contribution in [0.15, 0.2) is 30.3 Å². The van der Waals surface area contributed by atoms with E-state index in [1.807, 2.05) is 0 Å². The second kappa shape index (κ2) is 6.53. The molecule has 0 bridgehead atoms. The predicted molar refractivity (Wildman–Crippen MR) is 81.6 cm³/mol. The molecule has 1 aliphatic carbocycles. The number of hydrazine groups is 1. The molecule has 1 saturated carbocycles. The van der Waals surface area contributed by atoms with Crippen LogP contribution in [-0.2, 0) is 6.42 Å². The first-order chi connectivity index (χ1) is 9.11. The van der Waals surface area contributed by atoms with Gasteiger partial charge in [0, 0.05) is 6.04 Å². The highest BCUT2D eigenvalue weighted by atomic mass is 15.2. The number of nitrogens with two attached hydrogens (primary N) is 1. The van der Waals surface area contributed by atoms with Crippen molar-refractivity contribution in [3.63, 3.8) is 0 Å². The molecular formula is C17H28N2. The first-order valence-corrected chi connectivity index (χ1v) is 7.61. The third-order valence-corrected chi connectivity index (χ3v) is 4.75. The molecule has 106 valence electrons. The molecule has 0 heterocycles. The summed E-state index contributed by atoms with van der Waals surface area (Å²) in [6.45, 7) is 4.77. The van der Waals surface area contributed by atoms with Crippen molar-refractivity contribution >= 4 is 0 Å². The molecule has 2 heteroatoms. The van der Waals surface area contributed by atoms with E-state index in [-0.39, 0.29) is 0 Å². The Kier molecular flexibility index (Phi) is 5.00. The van der Waals surface area contributed by atoms with Gasteiger partial charge in [-0.2, -0.15) is 0 Å². The molecule has 19 heavy (non-hydrogen) atoms. The van der Waals surface area contributed by atoms with Crippen molar-refractivity contribution in [3.05, 3.63) is 35.9 Å². The Hall–Kier alpha value is -0.860. The summed E-state index contributed by atoms with van der Waals surface area (Å²) in [4.78, 5) is 0. The van der Waals surface area contributed by atoms with E-state index in [0.717, 1.165) is 18.8 Å². The zero-order valence-electron chi connectivity index (χ0n) is 12.4. The van der Waals surface area contributed by atoms with Gasteiger partial charge >= 0.3 is 0 Å². The largest absolute Gasteiger partial charge is 0.271 e. The minimum atomic E-state index is 0.469. The van der Waals surface area contributed by atoms with E-state index >= 15 is 0 Å². The summed E-state index contributed by atoms with van der Waals surface area (Å²) in [5.74, 6) is 6.54. The molecular weight excluding hydrogens is 232 g/mol. The standard InChI is InChI=1S/C17H28N2/c1-17(2)12-10-15(11-13-17)16(19-18)9-8-14-6-4-3-5-7-14/h3-7,15-16,19H,8-13,18H2,1-2H3. The number of aryl methyl sites for hydroxylation is 1. The van der Waals surface area contributed by atoms with Gasteiger partial charge in [0.25, 0.3) is 0 Å². The molecule has 0 radical (unpaired) electrons. The van der Waals surface area contributed by atoms with Crippen LogP contribution in [0.25, 0.3) is 0 Å². The van der Waals surface area contributed by atoms with Crippen molar-refractivity contribution in [3.8, 4) is 0 Å². The summed E-state index contributed by atoms with van der Waals surface area (Å²) in [5.41, 5.74) is 5.02. The maximum Gasteiger partial charge on any atom is 0.0241 e. The van der Waals surface area contributed by atoms with Crippen LogP contribution >= 0.6 is 0 Å². The number of nitrogens with one attached hydrogen (secondary N) is 1. The summed E-state index contributed by atoms with van der Waals surface area (Å²) in [7, 11) is 0. The number of rotatable bonds is 5. The summed E-state index contributed by atoms with van der Waals surface area (Å²) in [6, 6.07) is 11.2. The van der Waals surface area contributed by atoms with Crippen LogP contribution in [-0.4, -0.2) is 6.04 Å². The van der Waals surface area contributed by atoms with Gasteiger partial charge < -0.3 is 0 Å². The van der Waals surface area contributed by atoms with Gasteiger partial charge in [0.1, 0.15) is 0 Å². The number of hydrogen-bond donors (Lipinski definition) is 2. The SMILES string of the molecule is CC1(C)CCC(C(CCc2ccccc2)NN)CC1. The lowest BCUT2D eigenvalue weighted by Crippen LogP contribution is -2.43. The fraction of sp³-hybridized carbons (Fsp3) is 0.647. The summed E-state index contributed by atoms with van der Waals surface area (Å²) >= 11 is 0. The van der Waals surface area contributed by atoms with Gasteiger partial charge in [-0.05, 0) is 55.4 Å². The van der Waals surface area contributed by atoms with E-state index < -0.39 is 0 Å². The minimum absolute atomic E-state index is 0.469. The van der Waals surface area contributed by atoms with Crippen molar-refractivity contribution in [2.45, 2.75) is 58.4 Å². The monoisotopic (exact) mass is 260 g/mol. The second-order valence-electron chi connectivity index (χ2n) is 6.80. The summed E-state index contributed by atoms with van der Waals surface area (Å²) in [5, 5.41) is 0. The predicted octanol–water partition coefficient (Wildman–Crippen LogP) is 3.67. The Bertz CT molecular complexity index is 362. The molecule has 0 amide bonds. The van der Waals surface area contributed by atoms with Gasteiger partial charge in [-0.3, -0.25) is 11.3 Å². The van der Waals surface area contributed by atoms with Crippen LogP contribution in [0.1, 0.15) is 51.5 Å². The molecule has 0 saturated heterocycles. The molecule has 1 aromatic carbocycles. The topological polar surface area (TPSA) is 38.0 Å². The fourth-order valence-electron chi connectivity index (χ4n) is 3.25. The van der Waals surface area contributed by atoms with Crippen molar-refractivity contribution in [1.82, 2.24) is 5.43 Å². The third-order valence-electron chi connectivity index (χ3n) is 4.75. The van der Waals surface area contributed by atoms with Gasteiger partial charge in [-0.25, -0.2) is 0 Å². The quantitative estimate of drug-likeness (QED) is 0.626. The van der Waals surface area contributed by atoms with Crippen LogP contribution in [0.4, 0.5) is 0 Å². The minimum Gasteiger partial charge on any atom is -0.271 e. The van der Waals surface area contributed by atoms with E-state index in [4.69, 9.17) is 5.84 Å². The van der Waals surface area contributed by atoms with E-state index in [9.17, 15) is 0 Å². The smallest absolute Gasteiger partial charge is 0.0241 e. The molecule has 1 atom stereocenters. The molecule has 0 aromatic heterocycles. The molecule has 3 N–H and O–H groups in total. The third kappa shape index (κ3) is 4.32. The van der Waals surface area contributed by atoms with Gasteiger partial charge in [0.2, 0.25) is 0 Å². The summed E-state index contributed by atoms with van der Waals surface area (Å²) in [6.07, 6.45) is 7.57. The lowest BCUT2D eigenvalue weighted by Gasteiger charge is -2.37. The van der Waals surface area contributed by atoms with Gasteiger partial charge in [-0.15, -0.1) is 0 Å². The van der Waals surface area contributed by atoms with Crippen molar-refractivity contribution in [1.29, 1.82) is 0 Å². The normalized spacial score (nSPS) is 21.2. The molecule has 1 aromatic rings. The molecule has 2 rings (SSSR count). The van der Waals surface area contributed by atoms with Crippen LogP contribution in [0.5, 0.6) is 0 Å². The van der Waals surface area contributed by atoms with Gasteiger partial charge in [0.05, 0.1) is 0 Å². The molecule has 1 fully saturated rings. The fourth-order valence-corrected chi connectivity index (χ4v) is 3.25. The molecule has 0 aliphatic heterocycles.